The molecule has 0 spiro atoms. The topological polar surface area (TPSA) is 134 Å². The van der Waals surface area contributed by atoms with Crippen LogP contribution in [-0.4, -0.2) is 80.5 Å². The molecule has 0 aromatic heterocycles. The van der Waals surface area contributed by atoms with Crippen LogP contribution in [0.2, 0.25) is 18.1 Å². The summed E-state index contributed by atoms with van der Waals surface area (Å²) in [6.07, 6.45) is 9.43. The van der Waals surface area contributed by atoms with E-state index >= 15 is 0 Å². The number of esters is 1. The highest BCUT2D eigenvalue weighted by atomic mass is 28.4. The van der Waals surface area contributed by atoms with Gasteiger partial charge < -0.3 is 29.8 Å². The second-order valence-electron chi connectivity index (χ2n) is 15.5. The number of unbranched alkanes of at least 4 members (excludes halogenated alkanes) is 4. The molecular formula is C37H59N3O7Si. The molecule has 0 aliphatic carbocycles. The third-order valence-electron chi connectivity index (χ3n) is 9.51. The number of hydrogen-bond acceptors (Lipinski definition) is 7. The Labute approximate surface area is 289 Å². The highest BCUT2D eigenvalue weighted by Crippen LogP contribution is 2.37. The van der Waals surface area contributed by atoms with Crippen molar-refractivity contribution in [3.63, 3.8) is 0 Å². The van der Waals surface area contributed by atoms with E-state index in [-0.39, 0.29) is 42.9 Å². The molecule has 1 aromatic carbocycles. The number of carbonyl (C=O) groups is 4. The van der Waals surface area contributed by atoms with Gasteiger partial charge in [0.1, 0.15) is 12.1 Å². The van der Waals surface area contributed by atoms with Crippen LogP contribution < -0.4 is 10.6 Å². The molecule has 3 N–H and O–H groups in total. The Bertz CT molecular complexity index is 1280. The van der Waals surface area contributed by atoms with Gasteiger partial charge in [0.15, 0.2) is 8.32 Å². The van der Waals surface area contributed by atoms with Crippen LogP contribution in [0.1, 0.15) is 110 Å². The number of rotatable bonds is 16. The second-order valence-corrected chi connectivity index (χ2v) is 20.3. The number of methoxy groups -OCH3 is 1. The lowest BCUT2D eigenvalue weighted by molar-refractivity contribution is -0.144. The Morgan fingerprint density at radius 1 is 0.979 bits per heavy atom. The zero-order valence-electron chi connectivity index (χ0n) is 30.6. The number of carbonyl (C=O) groups excluding carboxylic acids is 4. The summed E-state index contributed by atoms with van der Waals surface area (Å²) in [6, 6.07) is 5.06. The van der Waals surface area contributed by atoms with E-state index in [2.05, 4.69) is 55.2 Å². The predicted octanol–water partition coefficient (Wildman–Crippen LogP) is 5.24. The fourth-order valence-corrected chi connectivity index (χ4v) is 6.37. The number of amides is 3. The maximum Gasteiger partial charge on any atom is 0.305 e. The van der Waals surface area contributed by atoms with Crippen LogP contribution in [0.5, 0.6) is 0 Å². The molecule has 4 atom stereocenters. The molecule has 0 radical (unpaired) electrons. The van der Waals surface area contributed by atoms with Gasteiger partial charge in [0.25, 0.3) is 0 Å². The highest BCUT2D eigenvalue weighted by molar-refractivity contribution is 6.74. The van der Waals surface area contributed by atoms with Crippen molar-refractivity contribution in [1.29, 1.82) is 0 Å². The first-order valence-electron chi connectivity index (χ1n) is 17.2. The summed E-state index contributed by atoms with van der Waals surface area (Å²) >= 11 is 0. The molecule has 268 valence electrons. The van der Waals surface area contributed by atoms with Gasteiger partial charge in [-0.1, -0.05) is 78.9 Å². The van der Waals surface area contributed by atoms with Crippen molar-refractivity contribution < 1.29 is 33.4 Å². The molecule has 1 heterocycles. The van der Waals surface area contributed by atoms with Crippen molar-refractivity contribution in [2.24, 2.45) is 5.41 Å². The minimum atomic E-state index is -2.16. The molecule has 2 unspecified atom stereocenters. The number of nitrogens with one attached hydrogen (secondary N) is 2. The summed E-state index contributed by atoms with van der Waals surface area (Å²) in [5.74, 6) is 1.36. The van der Waals surface area contributed by atoms with Gasteiger partial charge in [0.2, 0.25) is 17.7 Å². The van der Waals surface area contributed by atoms with E-state index in [1.807, 2.05) is 45.0 Å². The fourth-order valence-electron chi connectivity index (χ4n) is 5.35. The van der Waals surface area contributed by atoms with Crippen molar-refractivity contribution >= 4 is 32.0 Å². The van der Waals surface area contributed by atoms with Crippen LogP contribution in [0.15, 0.2) is 24.3 Å². The normalized spacial score (nSPS) is 18.1. The largest absolute Gasteiger partial charge is 0.469 e. The van der Waals surface area contributed by atoms with Gasteiger partial charge in [0.05, 0.1) is 25.9 Å². The molecule has 0 bridgehead atoms. The van der Waals surface area contributed by atoms with Gasteiger partial charge in [0, 0.05) is 31.4 Å². The van der Waals surface area contributed by atoms with E-state index in [9.17, 15) is 24.3 Å². The van der Waals surface area contributed by atoms with Crippen LogP contribution in [0.3, 0.4) is 0 Å². The van der Waals surface area contributed by atoms with E-state index in [1.165, 1.54) is 12.0 Å². The first kappa shape index (κ1) is 41.0. The van der Waals surface area contributed by atoms with Crippen molar-refractivity contribution in [2.45, 2.75) is 135 Å². The van der Waals surface area contributed by atoms with Gasteiger partial charge in [-0.2, -0.15) is 0 Å². The third-order valence-corrected chi connectivity index (χ3v) is 14.0. The minimum absolute atomic E-state index is 0.00700. The molecule has 1 fully saturated rings. The van der Waals surface area contributed by atoms with E-state index in [1.54, 1.807) is 0 Å². The maximum absolute atomic E-state index is 14.1. The average Bonchev–Trinajstić information content (AvgIpc) is 3.41. The molecule has 11 heteroatoms. The molecule has 1 aliphatic rings. The van der Waals surface area contributed by atoms with Gasteiger partial charge in [-0.05, 0) is 54.1 Å². The number of aliphatic hydroxyl groups excluding tert-OH is 1. The van der Waals surface area contributed by atoms with E-state index in [0.29, 0.717) is 12.8 Å². The average molecular weight is 686 g/mol. The quantitative estimate of drug-likeness (QED) is 0.0938. The van der Waals surface area contributed by atoms with Gasteiger partial charge in [-0.3, -0.25) is 19.2 Å². The summed E-state index contributed by atoms with van der Waals surface area (Å²) in [7, 11) is -0.787. The number of ether oxygens (including phenoxy) is 1. The Balaban J connectivity index is 2.15. The molecular weight excluding hydrogens is 627 g/mol. The summed E-state index contributed by atoms with van der Waals surface area (Å²) in [6.45, 7) is 16.6. The SMILES string of the molecule is C#Cc1ccc(C(CO[Si](C)(C)C(C)(C)C)NC(=O)[C@@H]2C[C@@H](O)CN2C(=O)C(NC(=O)CCCCCCCC(=O)OC)C(C)(C)C)cc1. The molecule has 1 saturated heterocycles. The first-order chi connectivity index (χ1) is 22.3. The molecule has 3 amide bonds. The number of likely N-dealkylation sites (tertiary alicyclic amines) is 1. The molecule has 0 saturated carbocycles. The zero-order valence-corrected chi connectivity index (χ0v) is 31.6. The van der Waals surface area contributed by atoms with E-state index in [4.69, 9.17) is 10.8 Å². The van der Waals surface area contributed by atoms with Crippen LogP contribution >= 0.6 is 0 Å². The Morgan fingerprint density at radius 3 is 2.10 bits per heavy atom. The Hall–Kier alpha value is -3.20. The summed E-state index contributed by atoms with van der Waals surface area (Å²) in [5, 5.41) is 16.7. The van der Waals surface area contributed by atoms with Gasteiger partial charge in [-0.25, -0.2) is 0 Å². The van der Waals surface area contributed by atoms with Crippen LogP contribution in [0, 0.1) is 17.8 Å². The van der Waals surface area contributed by atoms with E-state index < -0.39 is 49.8 Å². The smallest absolute Gasteiger partial charge is 0.305 e. The van der Waals surface area contributed by atoms with Crippen molar-refractivity contribution in [1.82, 2.24) is 15.5 Å². The van der Waals surface area contributed by atoms with Crippen LogP contribution in [-0.2, 0) is 28.3 Å². The van der Waals surface area contributed by atoms with Crippen molar-refractivity contribution in [3.8, 4) is 12.3 Å². The molecule has 1 aromatic rings. The van der Waals surface area contributed by atoms with Crippen LogP contribution in [0.25, 0.3) is 0 Å². The number of hydrogen-bond donors (Lipinski definition) is 3. The number of aliphatic hydroxyl groups is 1. The Morgan fingerprint density at radius 2 is 1.56 bits per heavy atom. The summed E-state index contributed by atoms with van der Waals surface area (Å²) in [4.78, 5) is 53.6. The summed E-state index contributed by atoms with van der Waals surface area (Å²) < 4.78 is 11.2. The molecule has 10 nitrogen and oxygen atoms in total. The van der Waals surface area contributed by atoms with E-state index in [0.717, 1.165) is 36.8 Å². The lowest BCUT2D eigenvalue weighted by Gasteiger charge is -2.38. The maximum atomic E-state index is 14.1. The monoisotopic (exact) mass is 685 g/mol. The summed E-state index contributed by atoms with van der Waals surface area (Å²) in [5.41, 5.74) is 0.893. The molecule has 2 rings (SSSR count). The third kappa shape index (κ3) is 12.4. The number of nitrogens with zero attached hydrogens (tertiary/aromatic N) is 1. The van der Waals surface area contributed by atoms with Gasteiger partial charge >= 0.3 is 5.97 Å². The lowest BCUT2D eigenvalue weighted by Crippen LogP contribution is -2.58. The molecule has 48 heavy (non-hydrogen) atoms. The first-order valence-corrected chi connectivity index (χ1v) is 20.1. The van der Waals surface area contributed by atoms with Crippen LogP contribution in [0.4, 0.5) is 0 Å². The lowest BCUT2D eigenvalue weighted by atomic mass is 9.85. The number of terminal acetylenes is 1. The standard InChI is InChI=1S/C37H59N3O7Si/c1-11-26-19-21-27(22-20-26)29(25-47-48(9,10)37(5,6)7)38-34(44)30-23-28(41)24-40(30)35(45)33(36(2,3)4)39-31(42)17-15-13-12-14-16-18-32(43)46-8/h1,19-22,28-30,33,41H,12-18,23-25H2,2-10H3,(H,38,44)(H,39,42)/t28-,29?,30+,33?/m1/s1. The predicted molar refractivity (Wildman–Crippen MR) is 190 cm³/mol. The fraction of sp³-hybridized carbons (Fsp3) is 0.676. The minimum Gasteiger partial charge on any atom is -0.469 e. The molecule has 1 aliphatic heterocycles. The number of benzene rings is 1. The van der Waals surface area contributed by atoms with Gasteiger partial charge in [-0.15, -0.1) is 6.42 Å². The Kier molecular flexibility index (Phi) is 15.3. The van der Waals surface area contributed by atoms with Crippen molar-refractivity contribution in [3.05, 3.63) is 35.4 Å². The van der Waals surface area contributed by atoms with Crippen molar-refractivity contribution in [2.75, 3.05) is 20.3 Å². The number of β-amino-alcohol motifs (C(OH)–C–C–N with tert-alkyl or cyclic N) is 1. The second kappa shape index (κ2) is 18.0. The zero-order chi connectivity index (χ0) is 36.3. The highest BCUT2D eigenvalue weighted by Gasteiger charge is 2.45.